The second-order valence-electron chi connectivity index (χ2n) is 11.8. The Kier molecular flexibility index (Phi) is 11.2. The summed E-state index contributed by atoms with van der Waals surface area (Å²) in [5, 5.41) is 3.36. The first-order valence-electron chi connectivity index (χ1n) is 15.8. The number of aryl methyl sites for hydroxylation is 1. The molecule has 1 unspecified atom stereocenters. The largest absolute Gasteiger partial charge is 0.497 e. The first-order valence-corrected chi connectivity index (χ1v) is 17.6. The number of benzene rings is 4. The van der Waals surface area contributed by atoms with Crippen molar-refractivity contribution in [2.24, 2.45) is 0 Å². The van der Waals surface area contributed by atoms with Crippen LogP contribution in [0.2, 0.25) is 5.02 Å². The molecule has 0 heterocycles. The number of nitrogens with one attached hydrogen (secondary N) is 1. The van der Waals surface area contributed by atoms with Crippen LogP contribution in [0.1, 0.15) is 42.4 Å². The SMILES string of the molecule is COc1cccc(CN(C(=O)CN(c2ccccc2Cl)S(=O)(=O)c2ccc(C)cc2)C(Cc2ccccc2)C(=O)NC2CCCC2)c1. The number of hydrogen-bond acceptors (Lipinski definition) is 5. The van der Waals surface area contributed by atoms with E-state index in [1.54, 1.807) is 49.6 Å². The summed E-state index contributed by atoms with van der Waals surface area (Å²) < 4.78 is 34.9. The van der Waals surface area contributed by atoms with Crippen LogP contribution >= 0.6 is 11.6 Å². The van der Waals surface area contributed by atoms with Gasteiger partial charge in [-0.2, -0.15) is 0 Å². The van der Waals surface area contributed by atoms with Crippen LogP contribution in [-0.2, 0) is 32.6 Å². The molecule has 0 bridgehead atoms. The van der Waals surface area contributed by atoms with Crippen LogP contribution in [0.15, 0.2) is 108 Å². The fourth-order valence-corrected chi connectivity index (χ4v) is 7.61. The molecule has 1 saturated carbocycles. The van der Waals surface area contributed by atoms with Gasteiger partial charge < -0.3 is 15.0 Å². The van der Waals surface area contributed by atoms with E-state index < -0.39 is 28.5 Å². The van der Waals surface area contributed by atoms with E-state index in [9.17, 15) is 18.0 Å². The van der Waals surface area contributed by atoms with E-state index >= 15 is 0 Å². The van der Waals surface area contributed by atoms with Crippen LogP contribution in [-0.4, -0.2) is 50.9 Å². The molecule has 4 aromatic carbocycles. The van der Waals surface area contributed by atoms with Gasteiger partial charge in [-0.3, -0.25) is 13.9 Å². The molecule has 246 valence electrons. The molecule has 0 spiro atoms. The number of sulfonamides is 1. The zero-order valence-electron chi connectivity index (χ0n) is 26.6. The number of rotatable bonds is 13. The second kappa shape index (κ2) is 15.5. The van der Waals surface area contributed by atoms with E-state index in [0.29, 0.717) is 5.75 Å². The van der Waals surface area contributed by atoms with Gasteiger partial charge in [-0.1, -0.05) is 96.7 Å². The molecule has 1 N–H and O–H groups in total. The van der Waals surface area contributed by atoms with Gasteiger partial charge in [-0.05, 0) is 67.3 Å². The fraction of sp³-hybridized carbons (Fsp3) is 0.297. The smallest absolute Gasteiger partial charge is 0.264 e. The lowest BCUT2D eigenvalue weighted by molar-refractivity contribution is -0.140. The summed E-state index contributed by atoms with van der Waals surface area (Å²) in [6.07, 6.45) is 4.06. The number of amides is 2. The molecule has 2 amide bonds. The number of anilines is 1. The molecular formula is C37H40ClN3O5S. The molecule has 0 saturated heterocycles. The zero-order valence-corrected chi connectivity index (χ0v) is 28.2. The van der Waals surface area contributed by atoms with Gasteiger partial charge in [0.15, 0.2) is 0 Å². The number of carbonyl (C=O) groups excluding carboxylic acids is 2. The average molecular weight is 674 g/mol. The summed E-state index contributed by atoms with van der Waals surface area (Å²) in [4.78, 5) is 30.3. The van der Waals surface area contributed by atoms with Crippen molar-refractivity contribution < 1.29 is 22.7 Å². The lowest BCUT2D eigenvalue weighted by atomic mass is 10.0. The monoisotopic (exact) mass is 673 g/mol. The molecule has 47 heavy (non-hydrogen) atoms. The van der Waals surface area contributed by atoms with Gasteiger partial charge in [-0.15, -0.1) is 0 Å². The molecule has 4 aromatic rings. The van der Waals surface area contributed by atoms with Crippen molar-refractivity contribution in [2.45, 2.75) is 62.6 Å². The van der Waals surface area contributed by atoms with Crippen molar-refractivity contribution in [3.63, 3.8) is 0 Å². The number of nitrogens with zero attached hydrogens (tertiary/aromatic N) is 2. The zero-order chi connectivity index (χ0) is 33.4. The summed E-state index contributed by atoms with van der Waals surface area (Å²) >= 11 is 6.57. The molecule has 1 aliphatic rings. The number of ether oxygens (including phenoxy) is 1. The maximum absolute atomic E-state index is 14.7. The lowest BCUT2D eigenvalue weighted by Gasteiger charge is -2.34. The molecule has 5 rings (SSSR count). The molecule has 8 nitrogen and oxygen atoms in total. The first-order chi connectivity index (χ1) is 22.7. The highest BCUT2D eigenvalue weighted by Gasteiger charge is 2.36. The van der Waals surface area contributed by atoms with E-state index in [1.165, 1.54) is 17.0 Å². The van der Waals surface area contributed by atoms with E-state index in [-0.39, 0.29) is 40.5 Å². The van der Waals surface area contributed by atoms with Gasteiger partial charge in [0.2, 0.25) is 11.8 Å². The molecule has 1 atom stereocenters. The van der Waals surface area contributed by atoms with Gasteiger partial charge in [0.25, 0.3) is 10.0 Å². The Balaban J connectivity index is 1.58. The molecule has 0 aromatic heterocycles. The molecule has 0 aliphatic heterocycles. The van der Waals surface area contributed by atoms with Crippen LogP contribution in [0.4, 0.5) is 5.69 Å². The van der Waals surface area contributed by atoms with Gasteiger partial charge in [-0.25, -0.2) is 8.42 Å². The third-order valence-electron chi connectivity index (χ3n) is 8.47. The molecule has 10 heteroatoms. The van der Waals surface area contributed by atoms with E-state index in [2.05, 4.69) is 5.32 Å². The van der Waals surface area contributed by atoms with Crippen LogP contribution in [0, 0.1) is 6.92 Å². The Morgan fingerprint density at radius 2 is 1.55 bits per heavy atom. The Bertz CT molecular complexity index is 1780. The van der Waals surface area contributed by atoms with Gasteiger partial charge in [0.1, 0.15) is 18.3 Å². The highest BCUT2D eigenvalue weighted by molar-refractivity contribution is 7.92. The second-order valence-corrected chi connectivity index (χ2v) is 14.1. The van der Waals surface area contributed by atoms with Gasteiger partial charge in [0.05, 0.1) is 22.7 Å². The summed E-state index contributed by atoms with van der Waals surface area (Å²) in [5.41, 5.74) is 2.66. The summed E-state index contributed by atoms with van der Waals surface area (Å²) in [7, 11) is -2.69. The third kappa shape index (κ3) is 8.53. The maximum Gasteiger partial charge on any atom is 0.264 e. The average Bonchev–Trinajstić information content (AvgIpc) is 3.59. The first kappa shape index (κ1) is 34.0. The van der Waals surface area contributed by atoms with Crippen molar-refractivity contribution in [2.75, 3.05) is 18.0 Å². The quantitative estimate of drug-likeness (QED) is 0.174. The molecular weight excluding hydrogens is 634 g/mol. The summed E-state index contributed by atoms with van der Waals surface area (Å²) in [6.45, 7) is 1.34. The standard InChI is InChI=1S/C37H40ClN3O5S/c1-27-19-21-32(22-20-27)47(44,45)41(34-18-9-8-17-33(34)38)26-36(42)40(25-29-13-10-16-31(23-29)46-2)35(24-28-11-4-3-5-12-28)37(43)39-30-14-6-7-15-30/h3-5,8-13,16-23,30,35H,6-7,14-15,24-26H2,1-2H3,(H,39,43). The lowest BCUT2D eigenvalue weighted by Crippen LogP contribution is -2.54. The van der Waals surface area contributed by atoms with E-state index in [0.717, 1.165) is 46.7 Å². The predicted octanol–water partition coefficient (Wildman–Crippen LogP) is 6.55. The number of carbonyl (C=O) groups is 2. The molecule has 1 fully saturated rings. The van der Waals surface area contributed by atoms with Gasteiger partial charge >= 0.3 is 0 Å². The molecule has 1 aliphatic carbocycles. The number of methoxy groups -OCH3 is 1. The Labute approximate surface area is 282 Å². The Morgan fingerprint density at radius 1 is 0.894 bits per heavy atom. The third-order valence-corrected chi connectivity index (χ3v) is 10.6. The molecule has 0 radical (unpaired) electrons. The van der Waals surface area contributed by atoms with Crippen LogP contribution in [0.5, 0.6) is 5.75 Å². The van der Waals surface area contributed by atoms with Crippen LogP contribution in [0.25, 0.3) is 0 Å². The fourth-order valence-electron chi connectivity index (χ4n) is 5.89. The van der Waals surface area contributed by atoms with Crippen LogP contribution < -0.4 is 14.4 Å². The topological polar surface area (TPSA) is 96.0 Å². The number of hydrogen-bond donors (Lipinski definition) is 1. The Hall–Kier alpha value is -4.34. The van der Waals surface area contributed by atoms with Crippen molar-refractivity contribution in [3.8, 4) is 5.75 Å². The maximum atomic E-state index is 14.7. The predicted molar refractivity (Wildman–Crippen MR) is 185 cm³/mol. The van der Waals surface area contributed by atoms with Crippen LogP contribution in [0.3, 0.4) is 0 Å². The number of para-hydroxylation sites is 1. The normalized spacial score (nSPS) is 13.9. The summed E-state index contributed by atoms with van der Waals surface area (Å²) in [6, 6.07) is 28.9. The minimum absolute atomic E-state index is 0.0231. The number of halogens is 1. The van der Waals surface area contributed by atoms with Crippen molar-refractivity contribution in [1.29, 1.82) is 0 Å². The van der Waals surface area contributed by atoms with E-state index in [1.807, 2.05) is 55.5 Å². The van der Waals surface area contributed by atoms with Crippen molar-refractivity contribution in [1.82, 2.24) is 10.2 Å². The highest BCUT2D eigenvalue weighted by Crippen LogP contribution is 2.31. The minimum atomic E-state index is -4.25. The summed E-state index contributed by atoms with van der Waals surface area (Å²) in [5.74, 6) is -0.224. The van der Waals surface area contributed by atoms with E-state index in [4.69, 9.17) is 16.3 Å². The highest BCUT2D eigenvalue weighted by atomic mass is 35.5. The minimum Gasteiger partial charge on any atom is -0.497 e. The Morgan fingerprint density at radius 3 is 2.23 bits per heavy atom. The van der Waals surface area contributed by atoms with Crippen molar-refractivity contribution in [3.05, 3.63) is 125 Å². The van der Waals surface area contributed by atoms with Crippen molar-refractivity contribution >= 4 is 39.1 Å². The van der Waals surface area contributed by atoms with Gasteiger partial charge in [0, 0.05) is 19.0 Å².